The lowest BCUT2D eigenvalue weighted by atomic mass is 9.85. The van der Waals surface area contributed by atoms with Crippen LogP contribution in [-0.4, -0.2) is 87.5 Å². The molecule has 1 aromatic carbocycles. The number of fused-ring (bicyclic) bond motifs is 1. The van der Waals surface area contributed by atoms with Crippen molar-refractivity contribution in [2.75, 3.05) is 13.7 Å². The van der Waals surface area contributed by atoms with Crippen LogP contribution in [0, 0.1) is 22.7 Å². The Hall–Kier alpha value is -4.37. The second kappa shape index (κ2) is 16.8. The Kier molecular flexibility index (Phi) is 12.5. The van der Waals surface area contributed by atoms with Crippen molar-refractivity contribution in [2.45, 2.75) is 110 Å². The zero-order valence-corrected chi connectivity index (χ0v) is 35.7. The fraction of sp³-hybridized carbons (Fsp3) is 0.548. The van der Waals surface area contributed by atoms with E-state index in [2.05, 4.69) is 27.8 Å². The van der Waals surface area contributed by atoms with Gasteiger partial charge >= 0.3 is 12.1 Å². The lowest BCUT2D eigenvalue weighted by Crippen LogP contribution is -2.57. The Morgan fingerprint density at radius 3 is 2.44 bits per heavy atom. The molecule has 2 saturated carbocycles. The van der Waals surface area contributed by atoms with Crippen molar-refractivity contribution in [1.82, 2.24) is 20.2 Å². The van der Waals surface area contributed by atoms with Crippen LogP contribution in [0.1, 0.15) is 84.6 Å². The summed E-state index contributed by atoms with van der Waals surface area (Å²) in [6.07, 6.45) is 3.67. The predicted octanol–water partition coefficient (Wildman–Crippen LogP) is 7.56. The summed E-state index contributed by atoms with van der Waals surface area (Å²) in [6, 6.07) is 3.25. The molecule has 306 valence electrons. The fourth-order valence-corrected chi connectivity index (χ4v) is 9.18. The highest BCUT2D eigenvalue weighted by Crippen LogP contribution is 2.56. The van der Waals surface area contributed by atoms with E-state index in [1.165, 1.54) is 16.2 Å². The van der Waals surface area contributed by atoms with Crippen molar-refractivity contribution >= 4 is 67.7 Å². The van der Waals surface area contributed by atoms with E-state index in [4.69, 9.17) is 24.2 Å². The first-order valence-electron chi connectivity index (χ1n) is 19.4. The smallest absolute Gasteiger partial charge is 0.408 e. The number of rotatable bonds is 15. The zero-order valence-electron chi connectivity index (χ0n) is 33.3. The number of aliphatic carboxylic acids is 1. The van der Waals surface area contributed by atoms with Crippen LogP contribution < -0.4 is 14.8 Å². The molecule has 5 atom stereocenters. The molecule has 3 aromatic rings. The molecule has 15 heteroatoms. The van der Waals surface area contributed by atoms with E-state index >= 15 is 0 Å². The number of carbonyl (C=O) groups is 5. The largest absolute Gasteiger partial charge is 0.495 e. The topological polar surface area (TPSA) is 174 Å². The van der Waals surface area contributed by atoms with Crippen LogP contribution in [0.3, 0.4) is 0 Å². The monoisotopic (exact) mass is 866 g/mol. The minimum Gasteiger partial charge on any atom is -0.495 e. The van der Waals surface area contributed by atoms with Crippen molar-refractivity contribution < 1.29 is 43.3 Å². The third kappa shape index (κ3) is 9.04. The summed E-state index contributed by atoms with van der Waals surface area (Å²) in [4.78, 5) is 78.1. The van der Waals surface area contributed by atoms with Gasteiger partial charge in [-0.1, -0.05) is 40.7 Å². The summed E-state index contributed by atoms with van der Waals surface area (Å²) in [5.74, 6) is -1.43. The zero-order chi connectivity index (χ0) is 41.4. The van der Waals surface area contributed by atoms with Gasteiger partial charge in [0.25, 0.3) is 0 Å². The van der Waals surface area contributed by atoms with Crippen LogP contribution in [0.15, 0.2) is 40.7 Å². The minimum absolute atomic E-state index is 0.0131. The van der Waals surface area contributed by atoms with Crippen LogP contribution in [0.4, 0.5) is 4.79 Å². The van der Waals surface area contributed by atoms with Gasteiger partial charge in [-0.05, 0) is 71.5 Å². The van der Waals surface area contributed by atoms with Crippen molar-refractivity contribution in [3.63, 3.8) is 0 Å². The third-order valence-corrected chi connectivity index (χ3v) is 13.0. The molecule has 3 aliphatic rings. The number of pyridine rings is 1. The molecular formula is C42H51BrN4O9S. The summed E-state index contributed by atoms with van der Waals surface area (Å²) in [5.41, 5.74) is -0.507. The number of alkyl carbamates (subject to hydrolysis) is 1. The molecule has 2 N–H and O–H groups in total. The highest BCUT2D eigenvalue weighted by molar-refractivity contribution is 9.10. The average molecular weight is 868 g/mol. The Morgan fingerprint density at radius 2 is 1.82 bits per heavy atom. The molecule has 1 saturated heterocycles. The Morgan fingerprint density at radius 1 is 1.11 bits per heavy atom. The second-order valence-electron chi connectivity index (χ2n) is 16.8. The van der Waals surface area contributed by atoms with E-state index in [0.717, 1.165) is 25.7 Å². The number of halogens is 1. The quantitative estimate of drug-likeness (QED) is 0.144. The Bertz CT molecular complexity index is 2070. The first kappa shape index (κ1) is 42.2. The number of carboxylic acid groups (broad SMARTS) is 1. The molecule has 2 amide bonds. The molecule has 13 nitrogen and oxygen atoms in total. The first-order chi connectivity index (χ1) is 26.9. The second-order valence-corrected chi connectivity index (χ2v) is 18.5. The molecule has 0 unspecified atom stereocenters. The number of carbonyl (C=O) groups excluding carboxylic acids is 4. The summed E-state index contributed by atoms with van der Waals surface area (Å²) in [5, 5.41) is 16.1. The van der Waals surface area contributed by atoms with Gasteiger partial charge in [0.1, 0.15) is 46.2 Å². The molecule has 1 aliphatic heterocycles. The van der Waals surface area contributed by atoms with Gasteiger partial charge in [0.2, 0.25) is 5.91 Å². The van der Waals surface area contributed by atoms with E-state index in [0.29, 0.717) is 43.3 Å². The number of Topliss-reactive ketones (excluding diaryl/α,β-unsaturated/α-hetero) is 2. The third-order valence-electron chi connectivity index (χ3n) is 11.3. The molecular weight excluding hydrogens is 816 g/mol. The lowest BCUT2D eigenvalue weighted by Gasteiger charge is -2.35. The average Bonchev–Trinajstić information content (AvgIpc) is 3.57. The normalized spacial score (nSPS) is 22.7. The number of allylic oxidation sites excluding steroid dienone is 1. The summed E-state index contributed by atoms with van der Waals surface area (Å²) in [6.45, 7) is 12.9. The number of ether oxygens (including phenoxy) is 3. The van der Waals surface area contributed by atoms with Crippen molar-refractivity contribution in [1.29, 1.82) is 0 Å². The number of aromatic nitrogens is 2. The number of ketones is 2. The molecule has 3 heterocycles. The van der Waals surface area contributed by atoms with Gasteiger partial charge in [-0.3, -0.25) is 19.2 Å². The maximum atomic E-state index is 14.7. The van der Waals surface area contributed by atoms with E-state index < -0.39 is 52.8 Å². The van der Waals surface area contributed by atoms with E-state index in [-0.39, 0.29) is 56.0 Å². The molecule has 6 rings (SSSR count). The predicted molar refractivity (Wildman–Crippen MR) is 218 cm³/mol. The van der Waals surface area contributed by atoms with E-state index in [9.17, 15) is 29.1 Å². The molecule has 2 aliphatic carbocycles. The Labute approximate surface area is 345 Å². The number of likely N-dealkylation sites (tertiary alicyclic amines) is 1. The summed E-state index contributed by atoms with van der Waals surface area (Å²) >= 11 is 5.01. The number of nitrogens with zero attached hydrogens (tertiary/aromatic N) is 3. The van der Waals surface area contributed by atoms with Crippen molar-refractivity contribution in [3.8, 4) is 22.9 Å². The highest BCUT2D eigenvalue weighted by Gasteiger charge is 2.61. The summed E-state index contributed by atoms with van der Waals surface area (Å²) in [7, 11) is 1.55. The first-order valence-corrected chi connectivity index (χ1v) is 21.1. The number of methoxy groups -OCH3 is 1. The van der Waals surface area contributed by atoms with Crippen LogP contribution in [-0.2, 0) is 30.3 Å². The van der Waals surface area contributed by atoms with Gasteiger partial charge in [0.15, 0.2) is 5.78 Å². The number of benzene rings is 1. The molecule has 3 fully saturated rings. The maximum absolute atomic E-state index is 14.7. The number of nitrogens with one attached hydrogen (secondary N) is 1. The van der Waals surface area contributed by atoms with Crippen LogP contribution in [0.5, 0.6) is 11.5 Å². The van der Waals surface area contributed by atoms with Crippen molar-refractivity contribution in [2.24, 2.45) is 22.7 Å². The summed E-state index contributed by atoms with van der Waals surface area (Å²) < 4.78 is 18.6. The van der Waals surface area contributed by atoms with Crippen LogP contribution >= 0.6 is 27.3 Å². The molecule has 0 radical (unpaired) electrons. The SMILES string of the molecule is C=C[C@@H]1C[C@]1(CC(=O)[C@@H]1C[C@@H](Oc2cc(-c3csc(CC(=O)C(C)C)n3)nc3c(Br)c(OC)ccc23)CN1C(=O)[C@@H](NC(=O)OC1CCCC1)C(C)(C)C)C(=O)O. The van der Waals surface area contributed by atoms with Gasteiger partial charge in [0, 0.05) is 35.6 Å². The minimum atomic E-state index is -1.28. The van der Waals surface area contributed by atoms with Gasteiger partial charge in [-0.15, -0.1) is 17.9 Å². The van der Waals surface area contributed by atoms with E-state index in [1.807, 2.05) is 46.1 Å². The van der Waals surface area contributed by atoms with Crippen molar-refractivity contribution in [3.05, 3.63) is 45.7 Å². The molecule has 0 spiro atoms. The van der Waals surface area contributed by atoms with Gasteiger partial charge < -0.3 is 29.5 Å². The van der Waals surface area contributed by atoms with E-state index in [1.54, 1.807) is 25.3 Å². The van der Waals surface area contributed by atoms with Crippen LogP contribution in [0.2, 0.25) is 0 Å². The van der Waals surface area contributed by atoms with Gasteiger partial charge in [-0.25, -0.2) is 14.8 Å². The number of carboxylic acids is 1. The number of thiazole rings is 1. The fourth-order valence-electron chi connectivity index (χ4n) is 7.79. The molecule has 0 bridgehead atoms. The number of hydrogen-bond donors (Lipinski definition) is 2. The highest BCUT2D eigenvalue weighted by atomic mass is 79.9. The van der Waals surface area contributed by atoms with Gasteiger partial charge in [0.05, 0.1) is 47.2 Å². The Balaban J connectivity index is 1.34. The molecule has 57 heavy (non-hydrogen) atoms. The van der Waals surface area contributed by atoms with Gasteiger partial charge in [-0.2, -0.15) is 0 Å². The molecule has 2 aromatic heterocycles. The number of hydrogen-bond acceptors (Lipinski definition) is 11. The number of amides is 2. The maximum Gasteiger partial charge on any atom is 0.408 e. The van der Waals surface area contributed by atoms with Crippen LogP contribution in [0.25, 0.3) is 22.3 Å². The standard InChI is InChI=1S/C42H51BrN4O9S/c1-8-23-18-42(23,39(51)52)19-31(49)29-15-25(20-47(29)38(50)37(41(4,5)6)46-40(53)56-24-11-9-10-12-24)55-33-16-27(28-21-57-34(44-28)17-30(48)22(2)3)45-36-26(33)13-14-32(54-7)35(36)43/h8,13-14,16,21-25,29,37H,1,9-12,15,17-20H2,2-7H3,(H,46,53)(H,51,52)/t23-,25-,29+,37-,42-/m1/s1. The lowest BCUT2D eigenvalue weighted by molar-refractivity contribution is -0.147.